The third-order valence-electron chi connectivity index (χ3n) is 5.48. The lowest BCUT2D eigenvalue weighted by Crippen LogP contribution is -2.60. The van der Waals surface area contributed by atoms with Gasteiger partial charge >= 0.3 is 12.1 Å². The number of aliphatic hydroxyl groups excluding tert-OH is 1. The highest BCUT2D eigenvalue weighted by Crippen LogP contribution is 2.21. The Balaban J connectivity index is 5.77. The summed E-state index contributed by atoms with van der Waals surface area (Å²) in [5, 5.41) is 27.6. The Bertz CT molecular complexity index is 726. The molecule has 0 aromatic rings. The number of carbonyl (C=O) groups excluding carboxylic acids is 3. The predicted octanol–water partition coefficient (Wildman–Crippen LogP) is 2.82. The van der Waals surface area contributed by atoms with Crippen LogP contribution in [0, 0.1) is 17.3 Å². The van der Waals surface area contributed by atoms with E-state index in [0.717, 1.165) is 0 Å². The van der Waals surface area contributed by atoms with Crippen molar-refractivity contribution in [2.75, 3.05) is 0 Å². The second-order valence-corrected chi connectivity index (χ2v) is 11.7. The van der Waals surface area contributed by atoms with Gasteiger partial charge in [0.05, 0.1) is 18.6 Å². The molecule has 2 unspecified atom stereocenters. The van der Waals surface area contributed by atoms with Crippen molar-refractivity contribution >= 4 is 23.9 Å². The molecule has 35 heavy (non-hydrogen) atoms. The molecule has 10 nitrogen and oxygen atoms in total. The molecule has 10 heteroatoms. The number of hydrogen-bond donors (Lipinski definition) is 5. The van der Waals surface area contributed by atoms with Crippen LogP contribution >= 0.6 is 0 Å². The Morgan fingerprint density at radius 2 is 1.43 bits per heavy atom. The van der Waals surface area contributed by atoms with E-state index in [2.05, 4.69) is 16.0 Å². The molecule has 0 saturated heterocycles. The maximum Gasteiger partial charge on any atom is 0.408 e. The minimum Gasteiger partial charge on any atom is -0.481 e. The molecule has 3 amide bonds. The lowest BCUT2D eigenvalue weighted by atomic mass is 9.85. The van der Waals surface area contributed by atoms with Gasteiger partial charge in [-0.2, -0.15) is 0 Å². The summed E-state index contributed by atoms with van der Waals surface area (Å²) in [4.78, 5) is 50.0. The second kappa shape index (κ2) is 13.7. The minimum atomic E-state index is -1.27. The summed E-state index contributed by atoms with van der Waals surface area (Å²) in [7, 11) is 0. The summed E-state index contributed by atoms with van der Waals surface area (Å²) in [6.07, 6.45) is -1.59. The summed E-state index contributed by atoms with van der Waals surface area (Å²) in [6, 6.07) is -2.73. The van der Waals surface area contributed by atoms with Crippen molar-refractivity contribution in [3.05, 3.63) is 0 Å². The molecule has 0 aromatic carbocycles. The van der Waals surface area contributed by atoms with Crippen LogP contribution in [0.5, 0.6) is 0 Å². The van der Waals surface area contributed by atoms with Crippen molar-refractivity contribution in [2.24, 2.45) is 17.3 Å². The maximum absolute atomic E-state index is 13.3. The van der Waals surface area contributed by atoms with Crippen LogP contribution in [0.15, 0.2) is 0 Å². The van der Waals surface area contributed by atoms with Gasteiger partial charge in [-0.15, -0.1) is 0 Å². The fourth-order valence-electron chi connectivity index (χ4n) is 3.45. The molecule has 0 aliphatic heterocycles. The molecule has 0 heterocycles. The van der Waals surface area contributed by atoms with Gasteiger partial charge < -0.3 is 30.9 Å². The summed E-state index contributed by atoms with van der Waals surface area (Å²) in [5.41, 5.74) is -1.43. The largest absolute Gasteiger partial charge is 0.481 e. The zero-order chi connectivity index (χ0) is 27.7. The smallest absolute Gasteiger partial charge is 0.408 e. The molecule has 0 aliphatic rings. The van der Waals surface area contributed by atoms with Gasteiger partial charge in [0.25, 0.3) is 0 Å². The molecular formula is C25H47N3O7. The molecule has 0 aromatic heterocycles. The first kappa shape index (κ1) is 32.6. The minimum absolute atomic E-state index is 0.0867. The molecule has 5 atom stereocenters. The van der Waals surface area contributed by atoms with Crippen molar-refractivity contribution in [1.82, 2.24) is 16.0 Å². The van der Waals surface area contributed by atoms with Crippen LogP contribution in [0.25, 0.3) is 0 Å². The van der Waals surface area contributed by atoms with Gasteiger partial charge in [0.2, 0.25) is 11.8 Å². The monoisotopic (exact) mass is 501 g/mol. The second-order valence-electron chi connectivity index (χ2n) is 11.7. The number of nitrogens with one attached hydrogen (secondary N) is 3. The lowest BCUT2D eigenvalue weighted by Gasteiger charge is -2.34. The Kier molecular flexibility index (Phi) is 12.7. The normalized spacial score (nSPS) is 16.5. The lowest BCUT2D eigenvalue weighted by molar-refractivity contribution is -0.140. The molecule has 0 rings (SSSR count). The number of hydrogen-bond acceptors (Lipinski definition) is 6. The van der Waals surface area contributed by atoms with E-state index in [1.54, 1.807) is 41.5 Å². The van der Waals surface area contributed by atoms with E-state index >= 15 is 0 Å². The van der Waals surface area contributed by atoms with Crippen LogP contribution in [0.4, 0.5) is 4.79 Å². The third-order valence-corrected chi connectivity index (χ3v) is 5.48. The zero-order valence-electron chi connectivity index (χ0n) is 23.0. The third kappa shape index (κ3) is 12.8. The Morgan fingerprint density at radius 3 is 1.83 bits per heavy atom. The average Bonchev–Trinajstić information content (AvgIpc) is 2.65. The first-order valence-electron chi connectivity index (χ1n) is 12.3. The van der Waals surface area contributed by atoms with Crippen molar-refractivity contribution in [2.45, 2.75) is 118 Å². The summed E-state index contributed by atoms with van der Waals surface area (Å²) in [5.74, 6) is -2.42. The number of aliphatic hydroxyl groups is 1. The first-order chi connectivity index (χ1) is 15.8. The average molecular weight is 502 g/mol. The number of aliphatic carboxylic acids is 1. The predicted molar refractivity (Wildman–Crippen MR) is 134 cm³/mol. The van der Waals surface area contributed by atoms with Crippen LogP contribution in [0.3, 0.4) is 0 Å². The highest BCUT2D eigenvalue weighted by molar-refractivity contribution is 5.92. The highest BCUT2D eigenvalue weighted by Gasteiger charge is 2.38. The van der Waals surface area contributed by atoms with Gasteiger partial charge in [0.1, 0.15) is 17.7 Å². The Hall–Kier alpha value is -2.36. The van der Waals surface area contributed by atoms with E-state index in [0.29, 0.717) is 12.8 Å². The number of amides is 3. The first-order valence-corrected chi connectivity index (χ1v) is 12.3. The molecule has 204 valence electrons. The Labute approximate surface area is 209 Å². The zero-order valence-corrected chi connectivity index (χ0v) is 23.0. The summed E-state index contributed by atoms with van der Waals surface area (Å²) < 4.78 is 5.30. The number of alkyl carbamates (subject to hydrolysis) is 1. The van der Waals surface area contributed by atoms with E-state index in [9.17, 15) is 24.3 Å². The van der Waals surface area contributed by atoms with Crippen LogP contribution in [0.2, 0.25) is 0 Å². The molecule has 5 N–H and O–H groups in total. The molecule has 0 saturated carbocycles. The van der Waals surface area contributed by atoms with Gasteiger partial charge in [-0.3, -0.25) is 14.4 Å². The van der Waals surface area contributed by atoms with Gasteiger partial charge in [-0.1, -0.05) is 54.9 Å². The maximum atomic E-state index is 13.3. The van der Waals surface area contributed by atoms with Crippen molar-refractivity contribution in [3.8, 4) is 0 Å². The van der Waals surface area contributed by atoms with Gasteiger partial charge in [-0.25, -0.2) is 4.79 Å². The topological polar surface area (TPSA) is 154 Å². The van der Waals surface area contributed by atoms with Crippen LogP contribution in [-0.2, 0) is 19.1 Å². The quantitative estimate of drug-likeness (QED) is 0.275. The molecule has 0 radical (unpaired) electrons. The molecule has 0 fully saturated rings. The number of ether oxygens (including phenoxy) is 1. The molecule has 0 bridgehead atoms. The molecular weight excluding hydrogens is 454 g/mol. The number of rotatable bonds is 12. The van der Waals surface area contributed by atoms with E-state index in [1.807, 2.05) is 27.7 Å². The fourth-order valence-corrected chi connectivity index (χ4v) is 3.45. The van der Waals surface area contributed by atoms with E-state index < -0.39 is 65.5 Å². The number of carboxylic acid groups (broad SMARTS) is 1. The highest BCUT2D eigenvalue weighted by atomic mass is 16.6. The van der Waals surface area contributed by atoms with Crippen LogP contribution < -0.4 is 16.0 Å². The van der Waals surface area contributed by atoms with Crippen molar-refractivity contribution in [1.29, 1.82) is 0 Å². The van der Waals surface area contributed by atoms with E-state index in [1.165, 1.54) is 0 Å². The summed E-state index contributed by atoms with van der Waals surface area (Å²) >= 11 is 0. The molecule has 0 aliphatic carbocycles. The standard InChI is InChI=1S/C25H47N3O7/c1-11-15(4)19(21(32)26-16(12-14(2)3)17(29)13-18(30)31)27-22(33)20(24(5,6)7)28-23(34)35-25(8,9)10/h14-17,19-20,29H,11-13H2,1-10H3,(H,26,32)(H,27,33)(H,28,34)(H,30,31)/t15?,16-,17?,19-,20+/m0/s1. The van der Waals surface area contributed by atoms with Crippen LogP contribution in [-0.4, -0.2) is 63.9 Å². The fraction of sp³-hybridized carbons (Fsp3) is 0.840. The van der Waals surface area contributed by atoms with Gasteiger partial charge in [0.15, 0.2) is 0 Å². The van der Waals surface area contributed by atoms with Crippen molar-refractivity contribution < 1.29 is 34.1 Å². The number of carbonyl (C=O) groups is 4. The van der Waals surface area contributed by atoms with Crippen LogP contribution in [0.1, 0.15) is 88.5 Å². The number of carboxylic acids is 1. The Morgan fingerprint density at radius 1 is 0.886 bits per heavy atom. The van der Waals surface area contributed by atoms with E-state index in [-0.39, 0.29) is 11.8 Å². The summed E-state index contributed by atoms with van der Waals surface area (Å²) in [6.45, 7) is 18.0. The SMILES string of the molecule is CCC(C)[C@H](NC(=O)[C@@H](NC(=O)OC(C)(C)C)C(C)(C)C)C(=O)N[C@@H](CC(C)C)C(O)CC(=O)O. The van der Waals surface area contributed by atoms with Gasteiger partial charge in [0, 0.05) is 0 Å². The van der Waals surface area contributed by atoms with Crippen molar-refractivity contribution in [3.63, 3.8) is 0 Å². The molecule has 0 spiro atoms. The van der Waals surface area contributed by atoms with E-state index in [4.69, 9.17) is 9.84 Å². The van der Waals surface area contributed by atoms with Gasteiger partial charge in [-0.05, 0) is 44.4 Å².